The van der Waals surface area contributed by atoms with Crippen LogP contribution in [0.3, 0.4) is 0 Å². The molecular formula is C17H14BrN3O3. The lowest BCUT2D eigenvalue weighted by Crippen LogP contribution is -2.11. The normalized spacial score (nSPS) is 12.8. The highest BCUT2D eigenvalue weighted by Crippen LogP contribution is 2.37. The number of aromatic amines is 1. The number of nitrogens with one attached hydrogen (secondary N) is 1. The number of methoxy groups -OCH3 is 1. The molecule has 0 radical (unpaired) electrons. The van der Waals surface area contributed by atoms with Crippen LogP contribution in [0.15, 0.2) is 63.2 Å². The molecule has 1 amide bonds. The van der Waals surface area contributed by atoms with Gasteiger partial charge in [-0.2, -0.15) is 0 Å². The van der Waals surface area contributed by atoms with Gasteiger partial charge in [-0.3, -0.25) is 4.79 Å². The Hall–Kier alpha value is -2.51. The van der Waals surface area contributed by atoms with Crippen LogP contribution in [0.4, 0.5) is 5.69 Å². The van der Waals surface area contributed by atoms with E-state index < -0.39 is 12.0 Å². The Morgan fingerprint density at radius 1 is 1.25 bits per heavy atom. The Morgan fingerprint density at radius 2 is 2.00 bits per heavy atom. The van der Waals surface area contributed by atoms with E-state index in [2.05, 4.69) is 31.1 Å². The quantitative estimate of drug-likeness (QED) is 0.639. The van der Waals surface area contributed by atoms with E-state index in [0.29, 0.717) is 16.5 Å². The van der Waals surface area contributed by atoms with Crippen LogP contribution >= 0.6 is 15.9 Å². The van der Waals surface area contributed by atoms with E-state index >= 15 is 0 Å². The summed E-state index contributed by atoms with van der Waals surface area (Å²) in [6, 6.07) is 14.5. The molecule has 2 N–H and O–H groups in total. The van der Waals surface area contributed by atoms with Crippen LogP contribution in [0, 0.1) is 0 Å². The molecule has 0 bridgehead atoms. The van der Waals surface area contributed by atoms with E-state index in [-0.39, 0.29) is 11.6 Å². The van der Waals surface area contributed by atoms with Gasteiger partial charge >= 0.3 is 0 Å². The van der Waals surface area contributed by atoms with Crippen molar-refractivity contribution >= 4 is 38.4 Å². The van der Waals surface area contributed by atoms with Crippen LogP contribution in [0.2, 0.25) is 0 Å². The summed E-state index contributed by atoms with van der Waals surface area (Å²) in [6.07, 6.45) is -0.839. The van der Waals surface area contributed by atoms with Crippen molar-refractivity contribution in [3.63, 3.8) is 0 Å². The number of rotatable bonds is 4. The standard InChI is InChI=1S/C17H14BrN3O3/c1-24-15(10-5-3-2-4-6-10)17(23)21-20-14-12-9-11(18)7-8-13(12)19-16(14)22/h2-9,15,19,22H,1H3/t15-/m0/s1. The fourth-order valence-electron chi connectivity index (χ4n) is 2.40. The maximum atomic E-state index is 12.3. The highest BCUT2D eigenvalue weighted by atomic mass is 79.9. The maximum absolute atomic E-state index is 12.3. The first-order valence-electron chi connectivity index (χ1n) is 7.13. The lowest BCUT2D eigenvalue weighted by Gasteiger charge is -2.10. The monoisotopic (exact) mass is 387 g/mol. The number of fused-ring (bicyclic) bond motifs is 1. The molecule has 0 unspecified atom stereocenters. The molecule has 0 saturated carbocycles. The summed E-state index contributed by atoms with van der Waals surface area (Å²) in [6.45, 7) is 0. The SMILES string of the molecule is CO[C@H](C(=O)N=Nc1c(O)[nH]c2ccc(Br)cc12)c1ccccc1. The molecule has 7 heteroatoms. The van der Waals surface area contributed by atoms with Crippen LogP contribution in [0.5, 0.6) is 5.88 Å². The second-order valence-corrected chi connectivity index (χ2v) is 5.99. The molecule has 122 valence electrons. The van der Waals surface area contributed by atoms with Crippen LogP contribution in [-0.4, -0.2) is 23.1 Å². The van der Waals surface area contributed by atoms with Crippen molar-refractivity contribution in [2.75, 3.05) is 7.11 Å². The van der Waals surface area contributed by atoms with E-state index in [0.717, 1.165) is 4.47 Å². The number of aromatic hydroxyl groups is 1. The Bertz CT molecular complexity index is 906. The number of ether oxygens (including phenoxy) is 1. The number of H-pyrrole nitrogens is 1. The summed E-state index contributed by atoms with van der Waals surface area (Å²) in [5.74, 6) is -0.694. The third kappa shape index (κ3) is 3.22. The van der Waals surface area contributed by atoms with Crippen LogP contribution < -0.4 is 0 Å². The summed E-state index contributed by atoms with van der Waals surface area (Å²) in [4.78, 5) is 15.1. The Labute approximate surface area is 146 Å². The minimum Gasteiger partial charge on any atom is -0.493 e. The van der Waals surface area contributed by atoms with Gasteiger partial charge in [-0.15, -0.1) is 10.2 Å². The van der Waals surface area contributed by atoms with Crippen LogP contribution in [0.1, 0.15) is 11.7 Å². The van der Waals surface area contributed by atoms with E-state index in [1.807, 2.05) is 24.3 Å². The fourth-order valence-corrected chi connectivity index (χ4v) is 2.76. The molecule has 0 spiro atoms. The molecule has 0 aliphatic heterocycles. The zero-order valence-electron chi connectivity index (χ0n) is 12.7. The minimum atomic E-state index is -0.839. The number of carbonyl (C=O) groups is 1. The number of hydrogen-bond acceptors (Lipinski definition) is 4. The minimum absolute atomic E-state index is 0.145. The first-order chi connectivity index (χ1) is 11.6. The second kappa shape index (κ2) is 6.94. The molecular weight excluding hydrogens is 374 g/mol. The van der Waals surface area contributed by atoms with Gasteiger partial charge < -0.3 is 14.8 Å². The van der Waals surface area contributed by atoms with Crippen LogP contribution in [-0.2, 0) is 9.53 Å². The van der Waals surface area contributed by atoms with E-state index in [1.54, 1.807) is 24.3 Å². The highest BCUT2D eigenvalue weighted by molar-refractivity contribution is 9.10. The predicted molar refractivity (Wildman–Crippen MR) is 93.4 cm³/mol. The van der Waals surface area contributed by atoms with Gasteiger partial charge in [0.05, 0.1) is 5.52 Å². The van der Waals surface area contributed by atoms with Crippen molar-refractivity contribution in [3.05, 3.63) is 58.6 Å². The molecule has 2 aromatic carbocycles. The number of carbonyl (C=O) groups excluding carboxylic acids is 1. The van der Waals surface area contributed by atoms with Gasteiger partial charge in [0.15, 0.2) is 11.8 Å². The van der Waals surface area contributed by atoms with E-state index in [4.69, 9.17) is 4.74 Å². The number of aromatic nitrogens is 1. The van der Waals surface area contributed by atoms with Gasteiger partial charge in [0.25, 0.3) is 5.91 Å². The Kier molecular flexibility index (Phi) is 4.73. The molecule has 6 nitrogen and oxygen atoms in total. The van der Waals surface area contributed by atoms with E-state index in [1.165, 1.54) is 7.11 Å². The Balaban J connectivity index is 1.91. The molecule has 1 heterocycles. The first-order valence-corrected chi connectivity index (χ1v) is 7.93. The summed E-state index contributed by atoms with van der Waals surface area (Å²) in [5.41, 5.74) is 1.60. The smallest absolute Gasteiger partial charge is 0.297 e. The zero-order chi connectivity index (χ0) is 17.1. The third-order valence-electron chi connectivity index (χ3n) is 3.52. The van der Waals surface area contributed by atoms with Crippen molar-refractivity contribution in [2.45, 2.75) is 6.10 Å². The molecule has 1 aromatic heterocycles. The number of halogens is 1. The van der Waals surface area contributed by atoms with Crippen LogP contribution in [0.25, 0.3) is 10.9 Å². The first kappa shape index (κ1) is 16.4. The number of nitrogens with zero attached hydrogens (tertiary/aromatic N) is 2. The van der Waals surface area contributed by atoms with Gasteiger partial charge in [0, 0.05) is 17.0 Å². The average molecular weight is 388 g/mol. The fraction of sp³-hybridized carbons (Fsp3) is 0.118. The topological polar surface area (TPSA) is 87.0 Å². The summed E-state index contributed by atoms with van der Waals surface area (Å²) < 4.78 is 6.05. The highest BCUT2D eigenvalue weighted by Gasteiger charge is 2.20. The molecule has 0 aliphatic carbocycles. The number of hydrogen-bond donors (Lipinski definition) is 2. The Morgan fingerprint density at radius 3 is 2.71 bits per heavy atom. The van der Waals surface area contributed by atoms with Gasteiger partial charge in [-0.05, 0) is 23.8 Å². The number of amides is 1. The van der Waals surface area contributed by atoms with Crippen molar-refractivity contribution in [3.8, 4) is 5.88 Å². The van der Waals surface area contributed by atoms with Crippen molar-refractivity contribution < 1.29 is 14.6 Å². The van der Waals surface area contributed by atoms with Gasteiger partial charge in [-0.1, -0.05) is 46.3 Å². The summed E-state index contributed by atoms with van der Waals surface area (Å²) in [7, 11) is 1.44. The average Bonchev–Trinajstić information content (AvgIpc) is 2.89. The summed E-state index contributed by atoms with van der Waals surface area (Å²) in [5, 5.41) is 18.3. The van der Waals surface area contributed by atoms with E-state index in [9.17, 15) is 9.90 Å². The number of azo groups is 1. The molecule has 24 heavy (non-hydrogen) atoms. The molecule has 1 atom stereocenters. The third-order valence-corrected chi connectivity index (χ3v) is 4.02. The molecule has 3 aromatic rings. The van der Waals surface area contributed by atoms with Crippen molar-refractivity contribution in [1.29, 1.82) is 0 Å². The lowest BCUT2D eigenvalue weighted by atomic mass is 10.1. The predicted octanol–water partition coefficient (Wildman–Crippen LogP) is 4.63. The second-order valence-electron chi connectivity index (χ2n) is 5.08. The lowest BCUT2D eigenvalue weighted by molar-refractivity contribution is -0.128. The van der Waals surface area contributed by atoms with Crippen molar-refractivity contribution in [2.24, 2.45) is 10.2 Å². The molecule has 0 fully saturated rings. The molecule has 0 aliphatic rings. The van der Waals surface area contributed by atoms with Gasteiger partial charge in [0.1, 0.15) is 0 Å². The zero-order valence-corrected chi connectivity index (χ0v) is 14.3. The van der Waals surface area contributed by atoms with Gasteiger partial charge in [0.2, 0.25) is 5.88 Å². The summed E-state index contributed by atoms with van der Waals surface area (Å²) >= 11 is 3.37. The largest absolute Gasteiger partial charge is 0.493 e. The molecule has 3 rings (SSSR count). The number of benzene rings is 2. The maximum Gasteiger partial charge on any atom is 0.297 e. The van der Waals surface area contributed by atoms with Crippen molar-refractivity contribution in [1.82, 2.24) is 4.98 Å². The van der Waals surface area contributed by atoms with Gasteiger partial charge in [-0.25, -0.2) is 0 Å². The molecule has 0 saturated heterocycles.